The lowest BCUT2D eigenvalue weighted by Gasteiger charge is -2.07. The third-order valence-corrected chi connectivity index (χ3v) is 3.78. The van der Waals surface area contributed by atoms with E-state index in [1.807, 2.05) is 24.5 Å². The van der Waals surface area contributed by atoms with Crippen LogP contribution in [0.3, 0.4) is 0 Å². The second-order valence-electron chi connectivity index (χ2n) is 3.03. The van der Waals surface area contributed by atoms with Gasteiger partial charge in [-0.1, -0.05) is 22.0 Å². The van der Waals surface area contributed by atoms with Gasteiger partial charge in [0.2, 0.25) is 0 Å². The summed E-state index contributed by atoms with van der Waals surface area (Å²) in [6.07, 6.45) is 4.71. The fourth-order valence-corrected chi connectivity index (χ4v) is 2.92. The van der Waals surface area contributed by atoms with Gasteiger partial charge in [0.15, 0.2) is 0 Å². The number of rotatable bonds is 3. The predicted octanol–water partition coefficient (Wildman–Crippen LogP) is 3.82. The third-order valence-electron chi connectivity index (χ3n) is 2.03. The van der Waals surface area contributed by atoms with Crippen molar-refractivity contribution >= 4 is 27.3 Å². The van der Waals surface area contributed by atoms with Crippen molar-refractivity contribution in [3.05, 3.63) is 52.5 Å². The van der Waals surface area contributed by atoms with E-state index in [9.17, 15) is 0 Å². The molecule has 2 rings (SSSR count). The van der Waals surface area contributed by atoms with Crippen LogP contribution in [0.5, 0.6) is 0 Å². The van der Waals surface area contributed by atoms with Crippen LogP contribution >= 0.6 is 27.3 Å². The van der Waals surface area contributed by atoms with Gasteiger partial charge < -0.3 is 0 Å². The fourth-order valence-electron chi connectivity index (χ4n) is 1.30. The first-order valence-corrected chi connectivity index (χ1v) is 6.22. The lowest BCUT2D eigenvalue weighted by Crippen LogP contribution is -1.93. The molecule has 3 heteroatoms. The van der Waals surface area contributed by atoms with Gasteiger partial charge in [-0.25, -0.2) is 0 Å². The molecule has 2 aromatic rings. The van der Waals surface area contributed by atoms with Crippen molar-refractivity contribution < 1.29 is 0 Å². The molecule has 0 N–H and O–H groups in total. The molecule has 1 nitrogen and oxygen atoms in total. The van der Waals surface area contributed by atoms with Gasteiger partial charge in [-0.3, -0.25) is 4.98 Å². The van der Waals surface area contributed by atoms with E-state index in [2.05, 4.69) is 38.4 Å². The first-order chi connectivity index (χ1) is 6.86. The molecule has 0 saturated carbocycles. The van der Waals surface area contributed by atoms with Crippen molar-refractivity contribution in [2.45, 2.75) is 11.2 Å². The Morgan fingerprint density at radius 2 is 2.07 bits per heavy atom. The van der Waals surface area contributed by atoms with Crippen LogP contribution in [-0.4, -0.2) is 4.98 Å². The van der Waals surface area contributed by atoms with Crippen LogP contribution in [0, 0.1) is 0 Å². The highest BCUT2D eigenvalue weighted by molar-refractivity contribution is 9.09. The zero-order valence-corrected chi connectivity index (χ0v) is 9.96. The summed E-state index contributed by atoms with van der Waals surface area (Å²) in [6, 6.07) is 8.35. The molecule has 0 saturated heterocycles. The second kappa shape index (κ2) is 4.71. The Kier molecular flexibility index (Phi) is 3.32. The van der Waals surface area contributed by atoms with Gasteiger partial charge in [0.05, 0.1) is 0 Å². The standard InChI is InChI=1S/C11H10BrNS/c12-11(8-10-2-1-7-14-10)9-3-5-13-6-4-9/h1-7,11H,8H2. The predicted molar refractivity (Wildman–Crippen MR) is 63.9 cm³/mol. The van der Waals surface area contributed by atoms with Crippen molar-refractivity contribution in [2.75, 3.05) is 0 Å². The van der Waals surface area contributed by atoms with Crippen molar-refractivity contribution in [1.29, 1.82) is 0 Å². The van der Waals surface area contributed by atoms with E-state index in [0.717, 1.165) is 6.42 Å². The summed E-state index contributed by atoms with van der Waals surface area (Å²) >= 11 is 5.49. The van der Waals surface area contributed by atoms with Crippen LogP contribution < -0.4 is 0 Å². The van der Waals surface area contributed by atoms with E-state index in [4.69, 9.17) is 0 Å². The Morgan fingerprint density at radius 1 is 1.29 bits per heavy atom. The Hall–Kier alpha value is -0.670. The summed E-state index contributed by atoms with van der Waals surface area (Å²) in [5, 5.41) is 2.11. The molecule has 2 heterocycles. The van der Waals surface area contributed by atoms with Crippen molar-refractivity contribution in [3.63, 3.8) is 0 Å². The van der Waals surface area contributed by atoms with Crippen molar-refractivity contribution in [1.82, 2.24) is 4.98 Å². The molecule has 0 spiro atoms. The molecule has 72 valence electrons. The van der Waals surface area contributed by atoms with Crippen molar-refractivity contribution in [2.24, 2.45) is 0 Å². The van der Waals surface area contributed by atoms with Crippen LogP contribution in [0.4, 0.5) is 0 Å². The van der Waals surface area contributed by atoms with E-state index >= 15 is 0 Å². The van der Waals surface area contributed by atoms with E-state index in [-0.39, 0.29) is 0 Å². The number of nitrogens with zero attached hydrogens (tertiary/aromatic N) is 1. The van der Waals surface area contributed by atoms with Gasteiger partial charge >= 0.3 is 0 Å². The summed E-state index contributed by atoms with van der Waals surface area (Å²) in [5.41, 5.74) is 1.29. The largest absolute Gasteiger partial charge is 0.265 e. The Bertz CT molecular complexity index is 371. The van der Waals surface area contributed by atoms with E-state index in [1.165, 1.54) is 10.4 Å². The highest BCUT2D eigenvalue weighted by Crippen LogP contribution is 2.27. The smallest absolute Gasteiger partial charge is 0.0444 e. The van der Waals surface area contributed by atoms with Crippen LogP contribution in [-0.2, 0) is 6.42 Å². The average Bonchev–Trinajstić information content (AvgIpc) is 2.72. The number of thiophene rings is 1. The molecule has 0 aliphatic carbocycles. The number of hydrogen-bond donors (Lipinski definition) is 0. The average molecular weight is 268 g/mol. The number of halogens is 1. The summed E-state index contributed by atoms with van der Waals surface area (Å²) < 4.78 is 0. The molecular formula is C11H10BrNS. The minimum atomic E-state index is 0.393. The maximum absolute atomic E-state index is 4.01. The molecule has 2 aromatic heterocycles. The maximum atomic E-state index is 4.01. The number of alkyl halides is 1. The summed E-state index contributed by atoms with van der Waals surface area (Å²) in [4.78, 5) is 5.81. The van der Waals surface area contributed by atoms with E-state index < -0.39 is 0 Å². The van der Waals surface area contributed by atoms with Gasteiger partial charge in [-0.15, -0.1) is 11.3 Å². The number of aromatic nitrogens is 1. The highest BCUT2D eigenvalue weighted by atomic mass is 79.9. The SMILES string of the molecule is BrC(Cc1cccs1)c1ccncc1. The molecule has 1 atom stereocenters. The van der Waals surface area contributed by atoms with Crippen LogP contribution in [0.1, 0.15) is 15.3 Å². The Labute approximate surface area is 95.9 Å². The molecule has 14 heavy (non-hydrogen) atoms. The van der Waals surface area contributed by atoms with Crippen LogP contribution in [0.25, 0.3) is 0 Å². The molecular weight excluding hydrogens is 258 g/mol. The molecule has 0 bridgehead atoms. The first-order valence-electron chi connectivity index (χ1n) is 4.42. The quantitative estimate of drug-likeness (QED) is 0.771. The zero-order valence-electron chi connectivity index (χ0n) is 7.56. The summed E-state index contributed by atoms with van der Waals surface area (Å²) in [7, 11) is 0. The molecule has 0 amide bonds. The summed E-state index contributed by atoms with van der Waals surface area (Å²) in [5.74, 6) is 0. The van der Waals surface area contributed by atoms with Crippen LogP contribution in [0.15, 0.2) is 42.0 Å². The van der Waals surface area contributed by atoms with E-state index in [0.29, 0.717) is 4.83 Å². The Morgan fingerprint density at radius 3 is 2.71 bits per heavy atom. The van der Waals surface area contributed by atoms with Gasteiger partial charge in [0.25, 0.3) is 0 Å². The third kappa shape index (κ3) is 2.42. The lowest BCUT2D eigenvalue weighted by atomic mass is 10.1. The highest BCUT2D eigenvalue weighted by Gasteiger charge is 2.08. The molecule has 0 fully saturated rings. The Balaban J connectivity index is 2.07. The zero-order chi connectivity index (χ0) is 9.80. The van der Waals surface area contributed by atoms with Crippen molar-refractivity contribution in [3.8, 4) is 0 Å². The lowest BCUT2D eigenvalue weighted by molar-refractivity contribution is 0.963. The minimum Gasteiger partial charge on any atom is -0.265 e. The maximum Gasteiger partial charge on any atom is 0.0444 e. The van der Waals surface area contributed by atoms with Gasteiger partial charge in [-0.05, 0) is 35.6 Å². The fraction of sp³-hybridized carbons (Fsp3) is 0.182. The molecule has 0 aliphatic heterocycles. The number of hydrogen-bond acceptors (Lipinski definition) is 2. The van der Waals surface area contributed by atoms with Gasteiger partial charge in [0.1, 0.15) is 0 Å². The minimum absolute atomic E-state index is 0.393. The monoisotopic (exact) mass is 267 g/mol. The number of pyridine rings is 1. The second-order valence-corrected chi connectivity index (χ2v) is 5.17. The molecule has 1 unspecified atom stereocenters. The first kappa shape index (κ1) is 9.87. The normalized spacial score (nSPS) is 12.6. The molecule has 0 aromatic carbocycles. The topological polar surface area (TPSA) is 12.9 Å². The van der Waals surface area contributed by atoms with Crippen LogP contribution in [0.2, 0.25) is 0 Å². The molecule has 0 aliphatic rings. The van der Waals surface area contributed by atoms with Gasteiger partial charge in [0, 0.05) is 22.1 Å². The summed E-state index contributed by atoms with van der Waals surface area (Å²) in [6.45, 7) is 0. The van der Waals surface area contributed by atoms with Gasteiger partial charge in [-0.2, -0.15) is 0 Å². The molecule has 0 radical (unpaired) electrons. The van der Waals surface area contributed by atoms with E-state index in [1.54, 1.807) is 11.3 Å².